The second-order valence-electron chi connectivity index (χ2n) is 7.33. The van der Waals surface area contributed by atoms with Crippen molar-refractivity contribution in [3.63, 3.8) is 0 Å². The lowest BCUT2D eigenvalue weighted by atomic mass is 9.96. The van der Waals surface area contributed by atoms with E-state index in [2.05, 4.69) is 40.7 Å². The summed E-state index contributed by atoms with van der Waals surface area (Å²) < 4.78 is 2.06. The van der Waals surface area contributed by atoms with E-state index in [0.29, 0.717) is 12.3 Å². The lowest BCUT2D eigenvalue weighted by molar-refractivity contribution is 0.316. The van der Waals surface area contributed by atoms with Gasteiger partial charge in [0.25, 0.3) is 0 Å². The number of fused-ring (bicyclic) bond motifs is 2. The van der Waals surface area contributed by atoms with Gasteiger partial charge in [-0.2, -0.15) is 10.4 Å². The number of aromatic nitrogens is 3. The lowest BCUT2D eigenvalue weighted by Gasteiger charge is -2.21. The Labute approximate surface area is 146 Å². The van der Waals surface area contributed by atoms with Gasteiger partial charge in [-0.05, 0) is 35.4 Å². The molecule has 0 unspecified atom stereocenters. The van der Waals surface area contributed by atoms with Crippen molar-refractivity contribution in [3.05, 3.63) is 34.6 Å². The second-order valence-corrected chi connectivity index (χ2v) is 7.33. The van der Waals surface area contributed by atoms with E-state index < -0.39 is 0 Å². The van der Waals surface area contributed by atoms with Gasteiger partial charge < -0.3 is 0 Å². The van der Waals surface area contributed by atoms with Gasteiger partial charge in [-0.3, -0.25) is 9.67 Å². The van der Waals surface area contributed by atoms with Gasteiger partial charge in [0.05, 0.1) is 24.2 Å². The van der Waals surface area contributed by atoms with Crippen molar-refractivity contribution in [2.24, 2.45) is 5.92 Å². The molecule has 0 N–H and O–H groups in total. The summed E-state index contributed by atoms with van der Waals surface area (Å²) in [6, 6.07) is 4.64. The predicted octanol–water partition coefficient (Wildman–Crippen LogP) is 2.98. The molecule has 124 valence electrons. The minimum atomic E-state index is 0.172. The van der Waals surface area contributed by atoms with Gasteiger partial charge >= 0.3 is 0 Å². The van der Waals surface area contributed by atoms with Crippen molar-refractivity contribution in [2.75, 3.05) is 0 Å². The van der Waals surface area contributed by atoms with Crippen LogP contribution in [0.3, 0.4) is 0 Å². The Morgan fingerprint density at radius 1 is 1.32 bits per heavy atom. The summed E-state index contributed by atoms with van der Waals surface area (Å²) in [5.74, 6) is 0.560. The average Bonchev–Trinajstić information content (AvgIpc) is 3.37. The maximum absolute atomic E-state index is 9.33. The molecule has 0 aliphatic heterocycles. The third kappa shape index (κ3) is 2.05. The molecule has 5 rings (SSSR count). The predicted molar refractivity (Wildman–Crippen MR) is 99.2 cm³/mol. The van der Waals surface area contributed by atoms with Crippen molar-refractivity contribution < 1.29 is 0 Å². The van der Waals surface area contributed by atoms with Crippen LogP contribution < -0.4 is 10.4 Å². The van der Waals surface area contributed by atoms with Crippen LogP contribution in [0.4, 0.5) is 0 Å². The van der Waals surface area contributed by atoms with Gasteiger partial charge in [-0.25, -0.2) is 0 Å². The first-order valence-electron chi connectivity index (χ1n) is 9.12. The van der Waals surface area contributed by atoms with Crippen LogP contribution in [0.2, 0.25) is 0 Å². The number of rotatable bonds is 3. The van der Waals surface area contributed by atoms with Gasteiger partial charge in [0, 0.05) is 34.8 Å². The maximum atomic E-state index is 9.33. The molecule has 2 heterocycles. The number of nitriles is 1. The molecule has 1 saturated carbocycles. The number of benzene rings is 1. The van der Waals surface area contributed by atoms with Crippen molar-refractivity contribution in [1.29, 1.82) is 5.26 Å². The summed E-state index contributed by atoms with van der Waals surface area (Å²) in [4.78, 5) is 4.53. The molecule has 1 aromatic carbocycles. The second kappa shape index (κ2) is 5.42. The van der Waals surface area contributed by atoms with E-state index in [1.807, 2.05) is 6.20 Å². The quantitative estimate of drug-likeness (QED) is 0.743. The van der Waals surface area contributed by atoms with E-state index in [4.69, 9.17) is 5.10 Å². The van der Waals surface area contributed by atoms with Crippen LogP contribution in [0.15, 0.2) is 18.5 Å². The zero-order valence-electron chi connectivity index (χ0n) is 14.2. The van der Waals surface area contributed by atoms with E-state index >= 15 is 0 Å². The first-order valence-corrected chi connectivity index (χ1v) is 9.12. The monoisotopic (exact) mass is 328 g/mol. The largest absolute Gasteiger partial charge is 0.267 e. The fraction of sp³-hybridized carbons (Fsp3) is 0.381. The van der Waals surface area contributed by atoms with Gasteiger partial charge in [0.15, 0.2) is 0 Å². The molecular formula is C21H20N4. The Morgan fingerprint density at radius 3 is 2.96 bits per heavy atom. The smallest absolute Gasteiger partial charge is 0.100 e. The zero-order valence-corrected chi connectivity index (χ0v) is 14.2. The molecule has 4 nitrogen and oxygen atoms in total. The molecule has 2 aliphatic rings. The zero-order chi connectivity index (χ0) is 17.0. The lowest BCUT2D eigenvalue weighted by Crippen LogP contribution is -2.24. The van der Waals surface area contributed by atoms with Gasteiger partial charge in [0.1, 0.15) is 5.52 Å². The van der Waals surface area contributed by atoms with Gasteiger partial charge in [0.2, 0.25) is 0 Å². The van der Waals surface area contributed by atoms with Crippen molar-refractivity contribution in [3.8, 4) is 6.07 Å². The van der Waals surface area contributed by atoms with Gasteiger partial charge in [-0.15, -0.1) is 0 Å². The third-order valence-electron chi connectivity index (χ3n) is 6.02. The highest BCUT2D eigenvalue weighted by atomic mass is 15.3. The highest BCUT2D eigenvalue weighted by Crippen LogP contribution is 2.36. The van der Waals surface area contributed by atoms with Crippen LogP contribution in [0, 0.1) is 17.2 Å². The Balaban J connectivity index is 1.78. The topological polar surface area (TPSA) is 54.5 Å². The SMILES string of the molecule is C=c1c2c3c(nccc3c3cn([C@H](CC#N)C4CCCC4)nc13)CC=2. The summed E-state index contributed by atoms with van der Waals surface area (Å²) in [6.45, 7) is 4.32. The first kappa shape index (κ1) is 14.7. The van der Waals surface area contributed by atoms with E-state index in [9.17, 15) is 5.26 Å². The Morgan fingerprint density at radius 2 is 2.16 bits per heavy atom. The van der Waals surface area contributed by atoms with Crippen LogP contribution in [-0.2, 0) is 6.42 Å². The maximum Gasteiger partial charge on any atom is 0.100 e. The minimum Gasteiger partial charge on any atom is -0.267 e. The van der Waals surface area contributed by atoms with Crippen LogP contribution in [0.1, 0.15) is 43.8 Å². The van der Waals surface area contributed by atoms with Crippen LogP contribution in [0.25, 0.3) is 34.3 Å². The number of hydrogen-bond acceptors (Lipinski definition) is 3. The van der Waals surface area contributed by atoms with E-state index in [1.165, 1.54) is 41.7 Å². The number of pyridine rings is 1. The molecule has 1 atom stereocenters. The molecule has 0 spiro atoms. The Bertz CT molecular complexity index is 1140. The summed E-state index contributed by atoms with van der Waals surface area (Å²) in [5, 5.41) is 20.0. The molecule has 1 fully saturated rings. The average molecular weight is 328 g/mol. The van der Waals surface area contributed by atoms with Crippen molar-refractivity contribution in [2.45, 2.75) is 44.6 Å². The standard InChI is InChI=1S/C21H20N4/c1-13-15-6-7-18-20(15)16(9-11-23-18)17-12-25(24-21(13)17)19(8-10-22)14-4-2-3-5-14/h6,9,11-12,14,19H,1-5,7-8H2/t19-/m1/s1. The molecule has 2 aliphatic carbocycles. The van der Waals surface area contributed by atoms with Crippen LogP contribution >= 0.6 is 0 Å². The summed E-state index contributed by atoms with van der Waals surface area (Å²) in [6.07, 6.45) is 12.6. The summed E-state index contributed by atoms with van der Waals surface area (Å²) >= 11 is 0. The molecule has 2 aromatic heterocycles. The summed E-state index contributed by atoms with van der Waals surface area (Å²) in [7, 11) is 0. The molecule has 0 radical (unpaired) electrons. The van der Waals surface area contributed by atoms with E-state index in [-0.39, 0.29) is 6.04 Å². The summed E-state index contributed by atoms with van der Waals surface area (Å²) in [5.41, 5.74) is 2.11. The molecule has 3 aromatic rings. The van der Waals surface area contributed by atoms with E-state index in [0.717, 1.165) is 28.2 Å². The highest BCUT2D eigenvalue weighted by Gasteiger charge is 2.27. The van der Waals surface area contributed by atoms with Gasteiger partial charge in [-0.1, -0.05) is 25.5 Å². The molecule has 4 heteroatoms. The Hall–Kier alpha value is -2.67. The molecule has 25 heavy (non-hydrogen) atoms. The fourth-order valence-electron chi connectivity index (χ4n) is 4.78. The molecule has 0 amide bonds. The van der Waals surface area contributed by atoms with Crippen LogP contribution in [0.5, 0.6) is 0 Å². The minimum absolute atomic E-state index is 0.172. The molecular weight excluding hydrogens is 308 g/mol. The van der Waals surface area contributed by atoms with Crippen LogP contribution in [-0.4, -0.2) is 14.8 Å². The number of hydrogen-bond donors (Lipinski definition) is 0. The first-order chi connectivity index (χ1) is 12.3. The van der Waals surface area contributed by atoms with Crippen molar-refractivity contribution >= 4 is 34.3 Å². The normalized spacial score (nSPS) is 17.9. The number of nitrogens with zero attached hydrogens (tertiary/aromatic N) is 4. The molecule has 0 bridgehead atoms. The van der Waals surface area contributed by atoms with Crippen molar-refractivity contribution in [1.82, 2.24) is 14.8 Å². The molecule has 0 saturated heterocycles. The Kier molecular flexibility index (Phi) is 3.18. The highest BCUT2D eigenvalue weighted by molar-refractivity contribution is 6.08. The third-order valence-corrected chi connectivity index (χ3v) is 6.02. The van der Waals surface area contributed by atoms with E-state index in [1.54, 1.807) is 0 Å². The fourth-order valence-corrected chi connectivity index (χ4v) is 4.78.